The van der Waals surface area contributed by atoms with Gasteiger partial charge in [0.15, 0.2) is 0 Å². The van der Waals surface area contributed by atoms with Crippen molar-refractivity contribution >= 4 is 17.3 Å². The van der Waals surface area contributed by atoms with Crippen LogP contribution in [0.5, 0.6) is 0 Å². The van der Waals surface area contributed by atoms with Gasteiger partial charge in [0.1, 0.15) is 0 Å². The molecule has 1 aromatic carbocycles. The molecule has 1 N–H and O–H groups in total. The predicted octanol–water partition coefficient (Wildman–Crippen LogP) is 3.04. The van der Waals surface area contributed by atoms with Gasteiger partial charge < -0.3 is 5.32 Å². The number of alkyl halides is 5. The third-order valence-corrected chi connectivity index (χ3v) is 2.32. The quantitative estimate of drug-likeness (QED) is 0.529. The van der Waals surface area contributed by atoms with E-state index in [1.54, 1.807) is 0 Å². The van der Waals surface area contributed by atoms with E-state index in [0.29, 0.717) is 6.07 Å². The summed E-state index contributed by atoms with van der Waals surface area (Å²) < 4.78 is 61.4. The highest BCUT2D eigenvalue weighted by Crippen LogP contribution is 2.36. The summed E-state index contributed by atoms with van der Waals surface area (Å²) in [5.41, 5.74) is -0.948. The minimum Gasteiger partial charge on any atom is -0.320 e. The molecule has 0 aliphatic carbocycles. The predicted molar refractivity (Wildman–Crippen MR) is 57.5 cm³/mol. The average Bonchev–Trinajstić information content (AvgIpc) is 2.29. The van der Waals surface area contributed by atoms with Gasteiger partial charge in [0, 0.05) is 12.1 Å². The molecule has 0 bridgehead atoms. The number of rotatable bonds is 3. The topological polar surface area (TPSA) is 72.2 Å². The first kappa shape index (κ1) is 15.8. The molecule has 0 aliphatic rings. The Kier molecular flexibility index (Phi) is 3.97. The Bertz CT molecular complexity index is 556. The first-order valence-corrected chi connectivity index (χ1v) is 4.98. The number of nitro groups is 1. The first-order valence-electron chi connectivity index (χ1n) is 4.98. The van der Waals surface area contributed by atoms with Gasteiger partial charge in [-0.3, -0.25) is 14.9 Å². The van der Waals surface area contributed by atoms with Gasteiger partial charge in [0.05, 0.1) is 10.6 Å². The molecule has 1 rings (SSSR count). The van der Waals surface area contributed by atoms with Crippen LogP contribution in [0.15, 0.2) is 18.2 Å². The highest BCUT2D eigenvalue weighted by Gasteiger charge is 2.63. The molecule has 1 amide bonds. The number of anilines is 1. The standard InChI is InChI=1S/C10H7F5N2O3/c1-5-2-3-6(17(19)20)4-7(5)16-8(18)9(11,12)10(13,14)15/h2-4H,1H3,(H,16,18). The lowest BCUT2D eigenvalue weighted by Gasteiger charge is -2.19. The normalized spacial score (nSPS) is 12.1. The summed E-state index contributed by atoms with van der Waals surface area (Å²) in [7, 11) is 0. The maximum Gasteiger partial charge on any atom is 0.463 e. The molecule has 0 unspecified atom stereocenters. The fourth-order valence-electron chi connectivity index (χ4n) is 1.19. The van der Waals surface area contributed by atoms with Crippen molar-refractivity contribution in [2.45, 2.75) is 19.0 Å². The summed E-state index contributed by atoms with van der Waals surface area (Å²) in [6.07, 6.45) is -6.05. The molecule has 0 fully saturated rings. The molecule has 0 heterocycles. The second-order valence-electron chi connectivity index (χ2n) is 3.78. The van der Waals surface area contributed by atoms with Crippen LogP contribution in [0.25, 0.3) is 0 Å². The van der Waals surface area contributed by atoms with Gasteiger partial charge in [-0.2, -0.15) is 22.0 Å². The largest absolute Gasteiger partial charge is 0.463 e. The number of hydrogen-bond acceptors (Lipinski definition) is 3. The zero-order chi connectivity index (χ0) is 15.7. The molecule has 0 radical (unpaired) electrons. The van der Waals surface area contributed by atoms with Crippen LogP contribution in [0.3, 0.4) is 0 Å². The highest BCUT2D eigenvalue weighted by atomic mass is 19.4. The van der Waals surface area contributed by atoms with Crippen molar-refractivity contribution in [3.05, 3.63) is 33.9 Å². The average molecular weight is 298 g/mol. The molecule has 5 nitrogen and oxygen atoms in total. The minimum atomic E-state index is -6.05. The maximum atomic E-state index is 12.7. The van der Waals surface area contributed by atoms with Gasteiger partial charge in [0.25, 0.3) is 5.69 Å². The molecule has 0 atom stereocenters. The molecule has 1 aromatic rings. The molecule has 0 aromatic heterocycles. The van der Waals surface area contributed by atoms with E-state index in [2.05, 4.69) is 0 Å². The zero-order valence-electron chi connectivity index (χ0n) is 9.79. The van der Waals surface area contributed by atoms with E-state index in [1.165, 1.54) is 12.2 Å². The SMILES string of the molecule is Cc1ccc([N+](=O)[O-])cc1NC(=O)C(F)(F)C(F)(F)F. The number of non-ortho nitro benzene ring substituents is 1. The van der Waals surface area contributed by atoms with E-state index in [1.807, 2.05) is 0 Å². The number of nitrogens with zero attached hydrogens (tertiary/aromatic N) is 1. The molecular formula is C10H7F5N2O3. The summed E-state index contributed by atoms with van der Waals surface area (Å²) >= 11 is 0. The lowest BCUT2D eigenvalue weighted by Crippen LogP contribution is -2.47. The van der Waals surface area contributed by atoms with Gasteiger partial charge in [-0.15, -0.1) is 0 Å². The molecule has 10 heteroatoms. The van der Waals surface area contributed by atoms with Crippen LogP contribution in [0, 0.1) is 17.0 Å². The monoisotopic (exact) mass is 298 g/mol. The Labute approximate surface area is 108 Å². The van der Waals surface area contributed by atoms with Gasteiger partial charge in [-0.1, -0.05) is 6.07 Å². The van der Waals surface area contributed by atoms with Crippen molar-refractivity contribution in [2.24, 2.45) is 0 Å². The van der Waals surface area contributed by atoms with Crippen molar-refractivity contribution < 1.29 is 31.7 Å². The molecule has 0 spiro atoms. The van der Waals surface area contributed by atoms with Crippen LogP contribution in [-0.4, -0.2) is 22.9 Å². The van der Waals surface area contributed by atoms with Crippen LogP contribution in [0.1, 0.15) is 5.56 Å². The molecule has 20 heavy (non-hydrogen) atoms. The number of amides is 1. The number of benzene rings is 1. The van der Waals surface area contributed by atoms with Gasteiger partial charge >= 0.3 is 18.0 Å². The molecule has 0 aliphatic heterocycles. The summed E-state index contributed by atoms with van der Waals surface area (Å²) in [5.74, 6) is -8.20. The van der Waals surface area contributed by atoms with Crippen LogP contribution in [0.4, 0.5) is 33.3 Å². The van der Waals surface area contributed by atoms with Crippen molar-refractivity contribution in [3.63, 3.8) is 0 Å². The van der Waals surface area contributed by atoms with Gasteiger partial charge in [-0.25, -0.2) is 0 Å². The van der Waals surface area contributed by atoms with E-state index in [4.69, 9.17) is 0 Å². The van der Waals surface area contributed by atoms with Crippen molar-refractivity contribution in [1.29, 1.82) is 0 Å². The van der Waals surface area contributed by atoms with Crippen LogP contribution < -0.4 is 5.32 Å². The summed E-state index contributed by atoms with van der Waals surface area (Å²) in [6.45, 7) is 1.28. The molecule has 0 saturated carbocycles. The van der Waals surface area contributed by atoms with Crippen LogP contribution >= 0.6 is 0 Å². The summed E-state index contributed by atoms with van der Waals surface area (Å²) in [6, 6.07) is 2.83. The molecule has 110 valence electrons. The second-order valence-corrected chi connectivity index (χ2v) is 3.78. The Balaban J connectivity index is 3.08. The second kappa shape index (κ2) is 5.02. The third kappa shape index (κ3) is 3.00. The number of nitro benzene ring substituents is 1. The number of halogens is 5. The number of nitrogens with one attached hydrogen (secondary N) is 1. The summed E-state index contributed by atoms with van der Waals surface area (Å²) in [4.78, 5) is 20.6. The lowest BCUT2D eigenvalue weighted by atomic mass is 10.1. The van der Waals surface area contributed by atoms with E-state index >= 15 is 0 Å². The number of hydrogen-bond donors (Lipinski definition) is 1. The Hall–Kier alpha value is -2.26. The highest BCUT2D eigenvalue weighted by molar-refractivity contribution is 5.97. The minimum absolute atomic E-state index is 0.0990. The van der Waals surface area contributed by atoms with E-state index < -0.39 is 34.3 Å². The molecular weight excluding hydrogens is 291 g/mol. The van der Waals surface area contributed by atoms with Crippen molar-refractivity contribution in [3.8, 4) is 0 Å². The Morgan fingerprint density at radius 1 is 1.25 bits per heavy atom. The summed E-state index contributed by atoms with van der Waals surface area (Å²) in [5, 5.41) is 11.8. The van der Waals surface area contributed by atoms with Gasteiger partial charge in [0.2, 0.25) is 0 Å². The number of aryl methyl sites for hydroxylation is 1. The Morgan fingerprint density at radius 3 is 2.25 bits per heavy atom. The van der Waals surface area contributed by atoms with E-state index in [-0.39, 0.29) is 5.56 Å². The smallest absolute Gasteiger partial charge is 0.320 e. The zero-order valence-corrected chi connectivity index (χ0v) is 9.79. The van der Waals surface area contributed by atoms with Crippen LogP contribution in [-0.2, 0) is 4.79 Å². The van der Waals surface area contributed by atoms with Crippen molar-refractivity contribution in [1.82, 2.24) is 0 Å². The van der Waals surface area contributed by atoms with E-state index in [0.717, 1.165) is 12.1 Å². The third-order valence-electron chi connectivity index (χ3n) is 2.32. The lowest BCUT2D eigenvalue weighted by molar-refractivity contribution is -0.384. The van der Waals surface area contributed by atoms with Crippen molar-refractivity contribution in [2.75, 3.05) is 5.32 Å². The van der Waals surface area contributed by atoms with Gasteiger partial charge in [-0.05, 0) is 12.5 Å². The first-order chi connectivity index (χ1) is 8.96. The maximum absolute atomic E-state index is 12.7. The van der Waals surface area contributed by atoms with E-state index in [9.17, 15) is 36.9 Å². The fourth-order valence-corrected chi connectivity index (χ4v) is 1.19. The van der Waals surface area contributed by atoms with Crippen LogP contribution in [0.2, 0.25) is 0 Å². The number of carbonyl (C=O) groups is 1. The Morgan fingerprint density at radius 2 is 1.80 bits per heavy atom. The number of carbonyl (C=O) groups excluding carboxylic acids is 1. The molecule has 0 saturated heterocycles. The fraction of sp³-hybridized carbons (Fsp3) is 0.300.